The number of halogens is 2. The van der Waals surface area contributed by atoms with E-state index >= 15 is 0 Å². The lowest BCUT2D eigenvalue weighted by molar-refractivity contribution is -0.109. The molecule has 0 fully saturated rings. The van der Waals surface area contributed by atoms with E-state index in [2.05, 4.69) is 0 Å². The zero-order valence-corrected chi connectivity index (χ0v) is 11.1. The molecule has 0 aliphatic carbocycles. The average Bonchev–Trinajstić information content (AvgIpc) is 2.32. The molecule has 1 aromatic carbocycles. The minimum Gasteiger partial charge on any atom is -0.396 e. The van der Waals surface area contributed by atoms with Gasteiger partial charge in [0.25, 0.3) is 0 Å². The summed E-state index contributed by atoms with van der Waals surface area (Å²) in [5.41, 5.74) is 4.46. The number of aliphatic hydroxyl groups excluding tert-OH is 2. The highest BCUT2D eigenvalue weighted by Crippen LogP contribution is 2.26. The quantitative estimate of drug-likeness (QED) is 0.718. The molecule has 0 amide bonds. The summed E-state index contributed by atoms with van der Waals surface area (Å²) >= 11 is 0.984. The number of thioether (sulfide) groups is 1. The van der Waals surface area contributed by atoms with Gasteiger partial charge in [-0.15, -0.1) is 0 Å². The largest absolute Gasteiger partial charge is 0.396 e. The van der Waals surface area contributed by atoms with Crippen molar-refractivity contribution in [2.24, 2.45) is 0 Å². The van der Waals surface area contributed by atoms with Crippen LogP contribution < -0.4 is 5.73 Å². The molecule has 1 rings (SSSR count). The van der Waals surface area contributed by atoms with Crippen LogP contribution in [-0.2, 0) is 4.79 Å². The fourth-order valence-electron chi connectivity index (χ4n) is 1.49. The van der Waals surface area contributed by atoms with Crippen molar-refractivity contribution in [2.45, 2.75) is 25.6 Å². The van der Waals surface area contributed by atoms with E-state index < -0.39 is 23.8 Å². The molecule has 0 aromatic heterocycles. The normalized spacial score (nSPS) is 14.2. The SMILES string of the molecule is CC(=O)SCCC(O)C(O)c1cc(F)c(N)cc1F. The molecule has 2 atom stereocenters. The van der Waals surface area contributed by atoms with Crippen molar-refractivity contribution in [1.29, 1.82) is 0 Å². The van der Waals surface area contributed by atoms with Crippen LogP contribution >= 0.6 is 11.8 Å². The van der Waals surface area contributed by atoms with E-state index in [-0.39, 0.29) is 28.5 Å². The van der Waals surface area contributed by atoms with Crippen LogP contribution in [0.4, 0.5) is 14.5 Å². The number of rotatable bonds is 5. The molecule has 19 heavy (non-hydrogen) atoms. The smallest absolute Gasteiger partial charge is 0.185 e. The van der Waals surface area contributed by atoms with E-state index in [0.29, 0.717) is 0 Å². The second kappa shape index (κ2) is 6.83. The molecule has 1 aromatic rings. The van der Waals surface area contributed by atoms with Crippen LogP contribution in [-0.4, -0.2) is 27.2 Å². The van der Waals surface area contributed by atoms with Crippen molar-refractivity contribution in [3.8, 4) is 0 Å². The Morgan fingerprint density at radius 1 is 1.37 bits per heavy atom. The Morgan fingerprint density at radius 3 is 2.58 bits per heavy atom. The van der Waals surface area contributed by atoms with Crippen LogP contribution in [0.1, 0.15) is 25.0 Å². The maximum Gasteiger partial charge on any atom is 0.185 e. The molecule has 0 radical (unpaired) electrons. The summed E-state index contributed by atoms with van der Waals surface area (Å²) in [7, 11) is 0. The highest BCUT2D eigenvalue weighted by molar-refractivity contribution is 8.13. The number of nitrogens with two attached hydrogens (primary N) is 1. The van der Waals surface area contributed by atoms with Gasteiger partial charge in [-0.1, -0.05) is 11.8 Å². The van der Waals surface area contributed by atoms with Crippen molar-refractivity contribution in [1.82, 2.24) is 0 Å². The molecule has 2 unspecified atom stereocenters. The molecule has 106 valence electrons. The summed E-state index contributed by atoms with van der Waals surface area (Å²) in [4.78, 5) is 10.7. The molecule has 0 aliphatic heterocycles. The van der Waals surface area contributed by atoms with Gasteiger partial charge in [0.15, 0.2) is 5.12 Å². The van der Waals surface area contributed by atoms with Crippen molar-refractivity contribution in [3.63, 3.8) is 0 Å². The van der Waals surface area contributed by atoms with Gasteiger partial charge in [0, 0.05) is 24.3 Å². The van der Waals surface area contributed by atoms with Crippen molar-refractivity contribution >= 4 is 22.6 Å². The molecule has 0 saturated heterocycles. The molecule has 4 N–H and O–H groups in total. The molecular weight excluding hydrogens is 276 g/mol. The third-order valence-corrected chi connectivity index (χ3v) is 3.36. The summed E-state index contributed by atoms with van der Waals surface area (Å²) < 4.78 is 26.7. The maximum absolute atomic E-state index is 13.5. The Morgan fingerprint density at radius 2 is 2.00 bits per heavy atom. The molecule has 0 spiro atoms. The third-order valence-electron chi connectivity index (χ3n) is 2.52. The van der Waals surface area contributed by atoms with Crippen LogP contribution in [0.25, 0.3) is 0 Å². The highest BCUT2D eigenvalue weighted by atomic mass is 32.2. The first-order chi connectivity index (χ1) is 8.82. The minimum absolute atomic E-state index is 0.0802. The number of hydrogen-bond donors (Lipinski definition) is 3. The van der Waals surface area contributed by atoms with Gasteiger partial charge in [-0.3, -0.25) is 4.79 Å². The first-order valence-electron chi connectivity index (χ1n) is 5.56. The van der Waals surface area contributed by atoms with E-state index in [1.165, 1.54) is 6.92 Å². The predicted molar refractivity (Wildman–Crippen MR) is 69.5 cm³/mol. The number of carbonyl (C=O) groups is 1. The molecule has 4 nitrogen and oxygen atoms in total. The summed E-state index contributed by atoms with van der Waals surface area (Å²) in [6, 6.07) is 1.52. The molecule has 0 saturated carbocycles. The Kier molecular flexibility index (Phi) is 5.71. The van der Waals surface area contributed by atoms with Crippen LogP contribution in [0.15, 0.2) is 12.1 Å². The fraction of sp³-hybridized carbons (Fsp3) is 0.417. The van der Waals surface area contributed by atoms with Gasteiger partial charge in [0.05, 0.1) is 11.8 Å². The topological polar surface area (TPSA) is 83.5 Å². The molecule has 0 heterocycles. The van der Waals surface area contributed by atoms with E-state index in [1.54, 1.807) is 0 Å². The molecule has 7 heteroatoms. The van der Waals surface area contributed by atoms with Gasteiger partial charge < -0.3 is 15.9 Å². The fourth-order valence-corrected chi connectivity index (χ4v) is 2.14. The van der Waals surface area contributed by atoms with E-state index in [4.69, 9.17) is 5.73 Å². The van der Waals surface area contributed by atoms with Crippen molar-refractivity contribution in [3.05, 3.63) is 29.3 Å². The lowest BCUT2D eigenvalue weighted by Crippen LogP contribution is -2.20. The Hall–Kier alpha value is -1.18. The van der Waals surface area contributed by atoms with E-state index in [9.17, 15) is 23.8 Å². The van der Waals surface area contributed by atoms with Crippen molar-refractivity contribution < 1.29 is 23.8 Å². The van der Waals surface area contributed by atoms with Crippen LogP contribution in [0.5, 0.6) is 0 Å². The number of aliphatic hydroxyl groups is 2. The standard InChI is InChI=1S/C12H15F2NO3S/c1-6(16)19-3-2-11(17)12(18)7-4-9(14)10(15)5-8(7)13/h4-5,11-12,17-18H,2-3,15H2,1H3. The van der Waals surface area contributed by atoms with Gasteiger partial charge in [-0.05, 0) is 12.5 Å². The molecule has 0 bridgehead atoms. The predicted octanol–water partition coefficient (Wildman–Crippen LogP) is 1.61. The lowest BCUT2D eigenvalue weighted by Gasteiger charge is -2.18. The van der Waals surface area contributed by atoms with E-state index in [0.717, 1.165) is 23.9 Å². The average molecular weight is 291 g/mol. The Balaban J connectivity index is 2.73. The third kappa shape index (κ3) is 4.45. The summed E-state index contributed by atoms with van der Waals surface area (Å²) in [5.74, 6) is -1.46. The second-order valence-electron chi connectivity index (χ2n) is 4.04. The maximum atomic E-state index is 13.5. The van der Waals surface area contributed by atoms with E-state index in [1.807, 2.05) is 0 Å². The van der Waals surface area contributed by atoms with Crippen LogP contribution in [0.2, 0.25) is 0 Å². The summed E-state index contributed by atoms with van der Waals surface area (Å²) in [6.07, 6.45) is -2.77. The number of nitrogen functional groups attached to an aromatic ring is 1. The van der Waals surface area contributed by atoms with Gasteiger partial charge in [-0.25, -0.2) is 8.78 Å². The summed E-state index contributed by atoms with van der Waals surface area (Å²) in [5, 5.41) is 19.3. The van der Waals surface area contributed by atoms with Gasteiger partial charge >= 0.3 is 0 Å². The summed E-state index contributed by atoms with van der Waals surface area (Å²) in [6.45, 7) is 1.38. The Labute approximate surface area is 113 Å². The van der Waals surface area contributed by atoms with Gasteiger partial charge in [-0.2, -0.15) is 0 Å². The monoisotopic (exact) mass is 291 g/mol. The number of anilines is 1. The zero-order chi connectivity index (χ0) is 14.6. The van der Waals surface area contributed by atoms with Gasteiger partial charge in [0.2, 0.25) is 0 Å². The first kappa shape index (κ1) is 15.9. The second-order valence-corrected chi connectivity index (χ2v) is 5.31. The minimum atomic E-state index is -1.57. The van der Waals surface area contributed by atoms with Crippen LogP contribution in [0.3, 0.4) is 0 Å². The molecular formula is C12H15F2NO3S. The number of carbonyl (C=O) groups excluding carboxylic acids is 1. The number of hydrogen-bond acceptors (Lipinski definition) is 5. The lowest BCUT2D eigenvalue weighted by atomic mass is 10.0. The number of benzene rings is 1. The zero-order valence-electron chi connectivity index (χ0n) is 10.3. The Bertz CT molecular complexity index is 471. The van der Waals surface area contributed by atoms with Crippen LogP contribution in [0, 0.1) is 11.6 Å². The van der Waals surface area contributed by atoms with Gasteiger partial charge in [0.1, 0.15) is 17.7 Å². The first-order valence-corrected chi connectivity index (χ1v) is 6.55. The van der Waals surface area contributed by atoms with Crippen molar-refractivity contribution in [2.75, 3.05) is 11.5 Å². The highest BCUT2D eigenvalue weighted by Gasteiger charge is 2.23. The molecule has 0 aliphatic rings.